The van der Waals surface area contributed by atoms with Gasteiger partial charge in [0.25, 0.3) is 0 Å². The molecule has 2 aromatic heterocycles. The first-order chi connectivity index (χ1) is 8.88. The Morgan fingerprint density at radius 2 is 1.89 bits per heavy atom. The van der Waals surface area contributed by atoms with Gasteiger partial charge in [0.05, 0.1) is 16.3 Å². The molecule has 5 heteroatoms. The maximum absolute atomic E-state index is 12.3. The molecule has 0 atom stereocenters. The van der Waals surface area contributed by atoms with Crippen LogP contribution in [0.1, 0.15) is 33.1 Å². The lowest BCUT2D eigenvalue weighted by atomic mass is 10.1. The maximum Gasteiger partial charge on any atom is 0.187 e. The summed E-state index contributed by atoms with van der Waals surface area (Å²) in [5, 5.41) is 4.74. The number of pyridine rings is 1. The van der Waals surface area contributed by atoms with Crippen molar-refractivity contribution >= 4 is 17.4 Å². The number of aromatic nitrogens is 3. The molecule has 2 rings (SSSR count). The second-order valence-corrected chi connectivity index (χ2v) is 5.12. The van der Waals surface area contributed by atoms with Gasteiger partial charge in [-0.2, -0.15) is 5.10 Å². The topological polar surface area (TPSA) is 47.8 Å². The minimum atomic E-state index is -0.0683. The van der Waals surface area contributed by atoms with Crippen LogP contribution < -0.4 is 0 Å². The number of carbonyl (C=O) groups is 1. The Morgan fingerprint density at radius 1 is 1.21 bits per heavy atom. The zero-order chi connectivity index (χ0) is 14.2. The monoisotopic (exact) mass is 277 g/mol. The van der Waals surface area contributed by atoms with Crippen molar-refractivity contribution in [1.82, 2.24) is 14.8 Å². The van der Waals surface area contributed by atoms with E-state index in [2.05, 4.69) is 10.1 Å². The van der Waals surface area contributed by atoms with Gasteiger partial charge in [-0.3, -0.25) is 14.5 Å². The molecule has 0 unspecified atom stereocenters. The van der Waals surface area contributed by atoms with E-state index in [-0.39, 0.29) is 12.3 Å². The average molecular weight is 278 g/mol. The summed E-state index contributed by atoms with van der Waals surface area (Å²) in [6, 6.07) is 3.65. The largest absolute Gasteiger partial charge is 0.292 e. The van der Waals surface area contributed by atoms with Crippen LogP contribution in [0.15, 0.2) is 12.1 Å². The second-order valence-electron chi connectivity index (χ2n) is 4.71. The third kappa shape index (κ3) is 2.84. The number of nitrogens with zero attached hydrogens (tertiary/aromatic N) is 3. The number of hydrogen-bond acceptors (Lipinski definition) is 3. The molecule has 2 heterocycles. The van der Waals surface area contributed by atoms with Crippen LogP contribution in [-0.4, -0.2) is 20.5 Å². The summed E-state index contributed by atoms with van der Waals surface area (Å²) in [5.74, 6) is -0.0683. The highest BCUT2D eigenvalue weighted by atomic mass is 35.5. The van der Waals surface area contributed by atoms with Crippen molar-refractivity contribution in [3.63, 3.8) is 0 Å². The smallest absolute Gasteiger partial charge is 0.187 e. The predicted molar refractivity (Wildman–Crippen MR) is 74.8 cm³/mol. The van der Waals surface area contributed by atoms with Crippen LogP contribution >= 0.6 is 11.6 Å². The van der Waals surface area contributed by atoms with Crippen LogP contribution in [0.25, 0.3) is 0 Å². The number of hydrogen-bond donors (Lipinski definition) is 0. The summed E-state index contributed by atoms with van der Waals surface area (Å²) in [6.45, 7) is 7.67. The Kier molecular flexibility index (Phi) is 3.71. The van der Waals surface area contributed by atoms with Gasteiger partial charge in [-0.25, -0.2) is 0 Å². The van der Waals surface area contributed by atoms with Crippen molar-refractivity contribution in [3.05, 3.63) is 45.5 Å². The van der Waals surface area contributed by atoms with Crippen LogP contribution in [0.2, 0.25) is 5.02 Å². The first-order valence-corrected chi connectivity index (χ1v) is 6.44. The van der Waals surface area contributed by atoms with E-state index in [9.17, 15) is 4.79 Å². The molecule has 0 N–H and O–H groups in total. The molecule has 100 valence electrons. The van der Waals surface area contributed by atoms with E-state index < -0.39 is 0 Å². The molecule has 0 fully saturated rings. The highest BCUT2D eigenvalue weighted by Crippen LogP contribution is 2.21. The molecular weight excluding hydrogens is 262 g/mol. The first kappa shape index (κ1) is 13.7. The normalized spacial score (nSPS) is 10.8. The van der Waals surface area contributed by atoms with Gasteiger partial charge in [0.1, 0.15) is 6.54 Å². The van der Waals surface area contributed by atoms with Gasteiger partial charge in [0.2, 0.25) is 0 Å². The predicted octanol–water partition coefficient (Wildman–Crippen LogP) is 3.05. The van der Waals surface area contributed by atoms with Crippen LogP contribution in [-0.2, 0) is 6.54 Å². The zero-order valence-electron chi connectivity index (χ0n) is 11.5. The van der Waals surface area contributed by atoms with Crippen molar-refractivity contribution in [2.75, 3.05) is 0 Å². The van der Waals surface area contributed by atoms with Crippen molar-refractivity contribution in [1.29, 1.82) is 0 Å². The van der Waals surface area contributed by atoms with E-state index in [1.54, 1.807) is 17.7 Å². The molecular formula is C14H16ClN3O. The highest BCUT2D eigenvalue weighted by molar-refractivity contribution is 6.34. The minimum absolute atomic E-state index is 0.0683. The zero-order valence-corrected chi connectivity index (χ0v) is 12.2. The Morgan fingerprint density at radius 3 is 2.42 bits per heavy atom. The highest BCUT2D eigenvalue weighted by Gasteiger charge is 2.17. The molecule has 0 amide bonds. The maximum atomic E-state index is 12.3. The molecule has 0 saturated carbocycles. The molecule has 4 nitrogen and oxygen atoms in total. The van der Waals surface area contributed by atoms with E-state index in [4.69, 9.17) is 11.6 Å². The number of aryl methyl sites for hydroxylation is 4. The van der Waals surface area contributed by atoms with Crippen molar-refractivity contribution in [2.45, 2.75) is 34.2 Å². The number of Topliss-reactive ketones (excluding diaryl/α,β-unsaturated/α-hetero) is 1. The van der Waals surface area contributed by atoms with Crippen LogP contribution in [0.3, 0.4) is 0 Å². The van der Waals surface area contributed by atoms with E-state index in [1.165, 1.54) is 0 Å². The Bertz CT molecular complexity index is 623. The van der Waals surface area contributed by atoms with E-state index in [1.807, 2.05) is 26.8 Å². The molecule has 0 spiro atoms. The summed E-state index contributed by atoms with van der Waals surface area (Å²) in [4.78, 5) is 16.6. The van der Waals surface area contributed by atoms with Crippen LogP contribution in [0.4, 0.5) is 0 Å². The van der Waals surface area contributed by atoms with Crippen molar-refractivity contribution in [3.8, 4) is 0 Å². The summed E-state index contributed by atoms with van der Waals surface area (Å²) < 4.78 is 1.69. The Hall–Kier alpha value is -1.68. The number of ketones is 1. The van der Waals surface area contributed by atoms with Gasteiger partial charge in [-0.1, -0.05) is 11.6 Å². The molecule has 19 heavy (non-hydrogen) atoms. The molecule has 0 saturated heterocycles. The SMILES string of the molecule is Cc1cc(Cl)c(C(=O)Cn2nc(C)cc2C)c(C)n1. The standard InChI is InChI=1S/C14H16ClN3O/c1-8-6-12(15)14(11(4)16-8)13(19)7-18-10(3)5-9(2)17-18/h5-6H,7H2,1-4H3. The third-order valence-corrected chi connectivity index (χ3v) is 3.25. The second kappa shape index (κ2) is 5.13. The summed E-state index contributed by atoms with van der Waals surface area (Å²) >= 11 is 6.15. The minimum Gasteiger partial charge on any atom is -0.292 e. The molecule has 0 aromatic carbocycles. The lowest BCUT2D eigenvalue weighted by Crippen LogP contribution is -2.15. The molecule has 0 bridgehead atoms. The van der Waals surface area contributed by atoms with Gasteiger partial charge >= 0.3 is 0 Å². The molecule has 0 radical (unpaired) electrons. The van der Waals surface area contributed by atoms with E-state index in [0.717, 1.165) is 17.1 Å². The summed E-state index contributed by atoms with van der Waals surface area (Å²) in [7, 11) is 0. The van der Waals surface area contributed by atoms with Crippen molar-refractivity contribution < 1.29 is 4.79 Å². The molecule has 0 aliphatic carbocycles. The molecule has 0 aliphatic rings. The summed E-state index contributed by atoms with van der Waals surface area (Å²) in [6.07, 6.45) is 0. The van der Waals surface area contributed by atoms with Gasteiger partial charge in [-0.05, 0) is 39.8 Å². The fourth-order valence-electron chi connectivity index (χ4n) is 2.17. The number of halogens is 1. The fourth-order valence-corrected chi connectivity index (χ4v) is 2.57. The van der Waals surface area contributed by atoms with E-state index in [0.29, 0.717) is 16.3 Å². The van der Waals surface area contributed by atoms with Crippen LogP contribution in [0, 0.1) is 27.7 Å². The van der Waals surface area contributed by atoms with Gasteiger partial charge < -0.3 is 0 Å². The first-order valence-electron chi connectivity index (χ1n) is 6.06. The van der Waals surface area contributed by atoms with Crippen LogP contribution in [0.5, 0.6) is 0 Å². The fraction of sp³-hybridized carbons (Fsp3) is 0.357. The number of carbonyl (C=O) groups excluding carboxylic acids is 1. The van der Waals surface area contributed by atoms with Gasteiger partial charge in [-0.15, -0.1) is 0 Å². The Balaban J connectivity index is 2.33. The molecule has 2 aromatic rings. The summed E-state index contributed by atoms with van der Waals surface area (Å²) in [5.41, 5.74) is 3.82. The van der Waals surface area contributed by atoms with Crippen molar-refractivity contribution in [2.24, 2.45) is 0 Å². The third-order valence-electron chi connectivity index (χ3n) is 2.96. The molecule has 0 aliphatic heterocycles. The Labute approximate surface area is 117 Å². The number of rotatable bonds is 3. The quantitative estimate of drug-likeness (QED) is 0.810. The van der Waals surface area contributed by atoms with Gasteiger partial charge in [0.15, 0.2) is 5.78 Å². The lowest BCUT2D eigenvalue weighted by molar-refractivity contribution is 0.0966. The average Bonchev–Trinajstić information content (AvgIpc) is 2.55. The van der Waals surface area contributed by atoms with E-state index >= 15 is 0 Å². The lowest BCUT2D eigenvalue weighted by Gasteiger charge is -2.09. The van der Waals surface area contributed by atoms with Gasteiger partial charge in [0, 0.05) is 17.1 Å².